The maximum absolute atomic E-state index is 13.1. The SMILES string of the molecule is CC1(C)Cc2c(sc3nc(-c4ccc(F)cc4)[nH]c(=O)c23)CO1. The molecule has 0 unspecified atom stereocenters. The van der Waals surface area contributed by atoms with Gasteiger partial charge in [-0.05, 0) is 43.7 Å². The highest BCUT2D eigenvalue weighted by molar-refractivity contribution is 7.18. The first-order valence-corrected chi connectivity index (χ1v) is 8.19. The van der Waals surface area contributed by atoms with Gasteiger partial charge < -0.3 is 9.72 Å². The van der Waals surface area contributed by atoms with Crippen molar-refractivity contribution in [1.29, 1.82) is 0 Å². The average Bonchev–Trinajstić information content (AvgIpc) is 2.84. The van der Waals surface area contributed by atoms with Gasteiger partial charge in [-0.15, -0.1) is 11.3 Å². The second-order valence-corrected chi connectivity index (χ2v) is 7.41. The van der Waals surface area contributed by atoms with Gasteiger partial charge in [0.15, 0.2) is 0 Å². The minimum atomic E-state index is -0.317. The van der Waals surface area contributed by atoms with E-state index in [1.807, 2.05) is 13.8 Å². The zero-order valence-corrected chi connectivity index (χ0v) is 13.6. The van der Waals surface area contributed by atoms with Crippen LogP contribution >= 0.6 is 11.3 Å². The number of ether oxygens (including phenoxy) is 1. The van der Waals surface area contributed by atoms with E-state index < -0.39 is 0 Å². The number of thiophene rings is 1. The van der Waals surface area contributed by atoms with E-state index in [0.717, 1.165) is 10.4 Å². The molecule has 3 aromatic rings. The molecule has 0 saturated carbocycles. The van der Waals surface area contributed by atoms with Crippen LogP contribution in [-0.4, -0.2) is 15.6 Å². The molecular weight excluding hydrogens is 315 g/mol. The molecule has 4 nitrogen and oxygen atoms in total. The minimum Gasteiger partial charge on any atom is -0.370 e. The minimum absolute atomic E-state index is 0.149. The number of H-pyrrole nitrogens is 1. The lowest BCUT2D eigenvalue weighted by Gasteiger charge is -2.29. The van der Waals surface area contributed by atoms with Crippen molar-refractivity contribution in [2.75, 3.05) is 0 Å². The molecule has 0 saturated heterocycles. The van der Waals surface area contributed by atoms with E-state index in [1.165, 1.54) is 23.5 Å². The zero-order chi connectivity index (χ0) is 16.2. The number of fused-ring (bicyclic) bond motifs is 3. The molecule has 0 spiro atoms. The maximum atomic E-state index is 13.1. The third-order valence-electron chi connectivity index (χ3n) is 4.06. The van der Waals surface area contributed by atoms with E-state index in [2.05, 4.69) is 9.97 Å². The van der Waals surface area contributed by atoms with Gasteiger partial charge >= 0.3 is 0 Å². The molecule has 1 aliphatic heterocycles. The van der Waals surface area contributed by atoms with Gasteiger partial charge in [-0.1, -0.05) is 0 Å². The molecule has 0 radical (unpaired) electrons. The van der Waals surface area contributed by atoms with Gasteiger partial charge in [-0.3, -0.25) is 4.79 Å². The molecule has 0 amide bonds. The number of aromatic amines is 1. The summed E-state index contributed by atoms with van der Waals surface area (Å²) < 4.78 is 18.9. The van der Waals surface area contributed by atoms with E-state index >= 15 is 0 Å². The van der Waals surface area contributed by atoms with Crippen molar-refractivity contribution in [3.05, 3.63) is 50.9 Å². The van der Waals surface area contributed by atoms with Crippen molar-refractivity contribution in [1.82, 2.24) is 9.97 Å². The summed E-state index contributed by atoms with van der Waals surface area (Å²) in [6, 6.07) is 5.93. The molecule has 1 N–H and O–H groups in total. The molecular formula is C17H15FN2O2S. The highest BCUT2D eigenvalue weighted by Gasteiger charge is 2.30. The van der Waals surface area contributed by atoms with Crippen LogP contribution in [0, 0.1) is 5.82 Å². The molecule has 0 fully saturated rings. The molecule has 1 aromatic carbocycles. The van der Waals surface area contributed by atoms with Gasteiger partial charge in [0.2, 0.25) is 0 Å². The molecule has 0 atom stereocenters. The Morgan fingerprint density at radius 1 is 1.30 bits per heavy atom. The van der Waals surface area contributed by atoms with Gasteiger partial charge in [0.1, 0.15) is 16.5 Å². The van der Waals surface area contributed by atoms with Crippen LogP contribution in [0.25, 0.3) is 21.6 Å². The first-order chi connectivity index (χ1) is 10.9. The summed E-state index contributed by atoms with van der Waals surface area (Å²) in [5, 5.41) is 0.659. The summed E-state index contributed by atoms with van der Waals surface area (Å²) in [5.74, 6) is 0.143. The molecule has 23 heavy (non-hydrogen) atoms. The van der Waals surface area contributed by atoms with Crippen LogP contribution in [0.15, 0.2) is 29.1 Å². The molecule has 2 aromatic heterocycles. The number of hydrogen-bond acceptors (Lipinski definition) is 4. The summed E-state index contributed by atoms with van der Waals surface area (Å²) in [7, 11) is 0. The second kappa shape index (κ2) is 4.97. The fraction of sp³-hybridized carbons (Fsp3) is 0.294. The number of benzene rings is 1. The van der Waals surface area contributed by atoms with Crippen molar-refractivity contribution >= 4 is 21.6 Å². The Morgan fingerprint density at radius 3 is 2.78 bits per heavy atom. The fourth-order valence-corrected chi connectivity index (χ4v) is 4.00. The van der Waals surface area contributed by atoms with Crippen LogP contribution < -0.4 is 5.56 Å². The van der Waals surface area contributed by atoms with Gasteiger partial charge in [-0.25, -0.2) is 9.37 Å². The molecule has 6 heteroatoms. The van der Waals surface area contributed by atoms with Crippen molar-refractivity contribution in [2.45, 2.75) is 32.5 Å². The van der Waals surface area contributed by atoms with Crippen LogP contribution in [0.4, 0.5) is 4.39 Å². The Kier molecular flexibility index (Phi) is 3.14. The van der Waals surface area contributed by atoms with Crippen molar-refractivity contribution in [3.63, 3.8) is 0 Å². The first kappa shape index (κ1) is 14.5. The van der Waals surface area contributed by atoms with Gasteiger partial charge in [0.25, 0.3) is 5.56 Å². The molecule has 0 bridgehead atoms. The number of halogens is 1. The Balaban J connectivity index is 1.90. The lowest BCUT2D eigenvalue weighted by Crippen LogP contribution is -2.31. The molecule has 3 heterocycles. The largest absolute Gasteiger partial charge is 0.370 e. The number of nitrogens with one attached hydrogen (secondary N) is 1. The molecule has 118 valence electrons. The van der Waals surface area contributed by atoms with E-state index in [4.69, 9.17) is 4.74 Å². The van der Waals surface area contributed by atoms with Crippen LogP contribution in [-0.2, 0) is 17.8 Å². The summed E-state index contributed by atoms with van der Waals surface area (Å²) in [4.78, 5) is 21.8. The zero-order valence-electron chi connectivity index (χ0n) is 12.8. The number of hydrogen-bond donors (Lipinski definition) is 1. The molecule has 1 aliphatic rings. The normalized spacial score (nSPS) is 16.5. The van der Waals surface area contributed by atoms with Crippen LogP contribution in [0.3, 0.4) is 0 Å². The predicted octanol–water partition coefficient (Wildman–Crippen LogP) is 3.64. The van der Waals surface area contributed by atoms with E-state index in [9.17, 15) is 9.18 Å². The third-order valence-corrected chi connectivity index (χ3v) is 5.16. The Hall–Kier alpha value is -2.05. The van der Waals surface area contributed by atoms with E-state index in [-0.39, 0.29) is 17.0 Å². The highest BCUT2D eigenvalue weighted by Crippen LogP contribution is 2.37. The van der Waals surface area contributed by atoms with Crippen LogP contribution in [0.1, 0.15) is 24.3 Å². The van der Waals surface area contributed by atoms with E-state index in [0.29, 0.717) is 34.6 Å². The average molecular weight is 330 g/mol. The fourth-order valence-electron chi connectivity index (χ4n) is 2.90. The molecule has 4 rings (SSSR count). The predicted molar refractivity (Wildman–Crippen MR) is 88.2 cm³/mol. The number of rotatable bonds is 1. The quantitative estimate of drug-likeness (QED) is 0.741. The molecule has 0 aliphatic carbocycles. The number of nitrogens with zero attached hydrogens (tertiary/aromatic N) is 1. The standard InChI is InChI=1S/C17H15FN2O2S/c1-17(2)7-11-12(8-22-17)23-16-13(11)15(21)19-14(20-16)9-3-5-10(18)6-4-9/h3-6H,7-8H2,1-2H3,(H,19,20,21). The smallest absolute Gasteiger partial charge is 0.260 e. The summed E-state index contributed by atoms with van der Waals surface area (Å²) in [6.07, 6.45) is 0.697. The van der Waals surface area contributed by atoms with Crippen LogP contribution in [0.5, 0.6) is 0 Å². The summed E-state index contributed by atoms with van der Waals surface area (Å²) in [6.45, 7) is 4.55. The topological polar surface area (TPSA) is 55.0 Å². The second-order valence-electron chi connectivity index (χ2n) is 6.33. The van der Waals surface area contributed by atoms with Crippen molar-refractivity contribution < 1.29 is 9.13 Å². The summed E-state index contributed by atoms with van der Waals surface area (Å²) in [5.41, 5.74) is 1.31. The Bertz CT molecular complexity index is 957. The lowest BCUT2D eigenvalue weighted by molar-refractivity contribution is -0.0379. The van der Waals surface area contributed by atoms with E-state index in [1.54, 1.807) is 12.1 Å². The van der Waals surface area contributed by atoms with Crippen LogP contribution in [0.2, 0.25) is 0 Å². The van der Waals surface area contributed by atoms with Crippen molar-refractivity contribution in [2.24, 2.45) is 0 Å². The third kappa shape index (κ3) is 2.48. The Morgan fingerprint density at radius 2 is 2.04 bits per heavy atom. The first-order valence-electron chi connectivity index (χ1n) is 7.37. The highest BCUT2D eigenvalue weighted by atomic mass is 32.1. The lowest BCUT2D eigenvalue weighted by atomic mass is 9.94. The van der Waals surface area contributed by atoms with Crippen molar-refractivity contribution in [3.8, 4) is 11.4 Å². The van der Waals surface area contributed by atoms with Gasteiger partial charge in [-0.2, -0.15) is 0 Å². The van der Waals surface area contributed by atoms with Gasteiger partial charge in [0.05, 0.1) is 17.6 Å². The number of aromatic nitrogens is 2. The van der Waals surface area contributed by atoms with Gasteiger partial charge in [0, 0.05) is 16.9 Å². The maximum Gasteiger partial charge on any atom is 0.260 e. The Labute approximate surface area is 136 Å². The monoisotopic (exact) mass is 330 g/mol. The summed E-state index contributed by atoms with van der Waals surface area (Å²) >= 11 is 1.50.